The Labute approximate surface area is 71.4 Å². The van der Waals surface area contributed by atoms with E-state index in [1.165, 1.54) is 12.2 Å². The molecular weight excluding hydrogens is 158 g/mol. The van der Waals surface area contributed by atoms with Crippen LogP contribution in [0.1, 0.15) is 20.8 Å². The first-order chi connectivity index (χ1) is 5.45. The van der Waals surface area contributed by atoms with Crippen LogP contribution in [0.2, 0.25) is 0 Å². The van der Waals surface area contributed by atoms with Gasteiger partial charge in [-0.3, -0.25) is 10.1 Å². The van der Waals surface area contributed by atoms with Crippen molar-refractivity contribution in [2.45, 2.75) is 26.9 Å². The smallest absolute Gasteiger partial charge is 0.267 e. The Hall–Kier alpha value is -1.16. The van der Waals surface area contributed by atoms with Gasteiger partial charge in [-0.1, -0.05) is 0 Å². The Bertz CT molecular complexity index is 224. The van der Waals surface area contributed by atoms with Gasteiger partial charge in [-0.25, -0.2) is 0 Å². The second-order valence-corrected chi connectivity index (χ2v) is 2.74. The van der Waals surface area contributed by atoms with Crippen molar-refractivity contribution in [3.63, 3.8) is 0 Å². The van der Waals surface area contributed by atoms with Crippen molar-refractivity contribution in [3.8, 4) is 0 Å². The van der Waals surface area contributed by atoms with Crippen LogP contribution in [-0.2, 0) is 0 Å². The standard InChI is InChI=1S/C8H13NO3/c1-6(2)8(9(11)12)5-4-7(3)10/h4-5,7,10H,1-3H3/b5-4-. The molecule has 4 heteroatoms. The Kier molecular flexibility index (Phi) is 4.21. The van der Waals surface area contributed by atoms with Crippen molar-refractivity contribution in [1.29, 1.82) is 0 Å². The van der Waals surface area contributed by atoms with Gasteiger partial charge < -0.3 is 5.11 Å². The van der Waals surface area contributed by atoms with Gasteiger partial charge in [0.2, 0.25) is 0 Å². The Morgan fingerprint density at radius 2 is 2.08 bits per heavy atom. The molecule has 0 aromatic heterocycles. The van der Waals surface area contributed by atoms with Gasteiger partial charge in [0.25, 0.3) is 5.70 Å². The van der Waals surface area contributed by atoms with Gasteiger partial charge in [-0.15, -0.1) is 0 Å². The number of allylic oxidation sites excluding steroid dienone is 2. The van der Waals surface area contributed by atoms with Crippen LogP contribution < -0.4 is 0 Å². The largest absolute Gasteiger partial charge is 0.389 e. The van der Waals surface area contributed by atoms with Gasteiger partial charge in [-0.05, 0) is 26.8 Å². The zero-order valence-electron chi connectivity index (χ0n) is 7.44. The van der Waals surface area contributed by atoms with E-state index in [4.69, 9.17) is 5.11 Å². The molecule has 0 aliphatic carbocycles. The number of hydrogen-bond donors (Lipinski definition) is 1. The molecule has 0 rings (SSSR count). The third kappa shape index (κ3) is 3.88. The SMILES string of the molecule is CC(C)=C(/C=C\C(C)O)[N+](=O)[O-]. The minimum absolute atomic E-state index is 0.0379. The van der Waals surface area contributed by atoms with Crippen LogP contribution >= 0.6 is 0 Å². The van der Waals surface area contributed by atoms with E-state index in [1.807, 2.05) is 0 Å². The zero-order valence-corrected chi connectivity index (χ0v) is 7.44. The molecule has 1 atom stereocenters. The number of hydrogen-bond acceptors (Lipinski definition) is 3. The van der Waals surface area contributed by atoms with E-state index in [1.54, 1.807) is 20.8 Å². The van der Waals surface area contributed by atoms with E-state index in [-0.39, 0.29) is 5.70 Å². The normalized spacial score (nSPS) is 13.0. The molecule has 1 N–H and O–H groups in total. The van der Waals surface area contributed by atoms with Gasteiger partial charge in [0, 0.05) is 11.6 Å². The van der Waals surface area contributed by atoms with Crippen molar-refractivity contribution in [2.24, 2.45) is 0 Å². The summed E-state index contributed by atoms with van der Waals surface area (Å²) in [6, 6.07) is 0. The van der Waals surface area contributed by atoms with E-state index in [0.717, 1.165) is 0 Å². The molecule has 0 aliphatic rings. The topological polar surface area (TPSA) is 63.4 Å². The second-order valence-electron chi connectivity index (χ2n) is 2.74. The summed E-state index contributed by atoms with van der Waals surface area (Å²) in [5.41, 5.74) is 0.660. The number of nitrogens with zero attached hydrogens (tertiary/aromatic N) is 1. The quantitative estimate of drug-likeness (QED) is 0.397. The predicted molar refractivity (Wildman–Crippen MR) is 46.2 cm³/mol. The minimum atomic E-state index is -0.653. The van der Waals surface area contributed by atoms with Crippen molar-refractivity contribution in [1.82, 2.24) is 0 Å². The Morgan fingerprint density at radius 1 is 1.58 bits per heavy atom. The first-order valence-corrected chi connectivity index (χ1v) is 3.63. The lowest BCUT2D eigenvalue weighted by Gasteiger charge is -1.95. The van der Waals surface area contributed by atoms with Gasteiger partial charge in [-0.2, -0.15) is 0 Å². The molecule has 4 nitrogen and oxygen atoms in total. The number of rotatable bonds is 3. The third-order valence-electron chi connectivity index (χ3n) is 1.24. The maximum Gasteiger partial charge on any atom is 0.267 e. The molecule has 68 valence electrons. The molecule has 0 saturated heterocycles. The maximum absolute atomic E-state index is 10.4. The summed E-state index contributed by atoms with van der Waals surface area (Å²) in [5.74, 6) is 0. The molecule has 0 aliphatic heterocycles. The van der Waals surface area contributed by atoms with E-state index in [9.17, 15) is 10.1 Å². The molecule has 12 heavy (non-hydrogen) atoms. The van der Waals surface area contributed by atoms with Crippen molar-refractivity contribution >= 4 is 0 Å². The molecule has 0 spiro atoms. The number of aliphatic hydroxyl groups excluding tert-OH is 1. The van der Waals surface area contributed by atoms with Crippen LogP contribution in [-0.4, -0.2) is 16.1 Å². The number of nitro groups is 1. The number of aliphatic hydroxyl groups is 1. The average molecular weight is 171 g/mol. The molecule has 0 radical (unpaired) electrons. The highest BCUT2D eigenvalue weighted by atomic mass is 16.6. The fourth-order valence-corrected chi connectivity index (χ4v) is 0.641. The molecular formula is C8H13NO3. The Balaban J connectivity index is 4.59. The van der Waals surface area contributed by atoms with Crippen LogP contribution in [0.5, 0.6) is 0 Å². The highest BCUT2D eigenvalue weighted by Crippen LogP contribution is 2.05. The molecule has 0 saturated carbocycles. The lowest BCUT2D eigenvalue weighted by atomic mass is 10.2. The van der Waals surface area contributed by atoms with Crippen molar-refractivity contribution in [2.75, 3.05) is 0 Å². The van der Waals surface area contributed by atoms with Crippen molar-refractivity contribution < 1.29 is 10.0 Å². The molecule has 1 unspecified atom stereocenters. The maximum atomic E-state index is 10.4. The second kappa shape index (κ2) is 4.66. The first-order valence-electron chi connectivity index (χ1n) is 3.63. The molecule has 0 aromatic carbocycles. The highest BCUT2D eigenvalue weighted by molar-refractivity contribution is 5.16. The van der Waals surface area contributed by atoms with Crippen LogP contribution in [0.25, 0.3) is 0 Å². The first kappa shape index (κ1) is 10.8. The highest BCUT2D eigenvalue weighted by Gasteiger charge is 2.07. The summed E-state index contributed by atoms with van der Waals surface area (Å²) < 4.78 is 0. The summed E-state index contributed by atoms with van der Waals surface area (Å²) in [4.78, 5) is 9.90. The van der Waals surface area contributed by atoms with E-state index >= 15 is 0 Å². The van der Waals surface area contributed by atoms with E-state index < -0.39 is 11.0 Å². The van der Waals surface area contributed by atoms with Crippen LogP contribution in [0.4, 0.5) is 0 Å². The predicted octanol–water partition coefficient (Wildman–Crippen LogP) is 1.49. The van der Waals surface area contributed by atoms with Gasteiger partial charge in [0.1, 0.15) is 0 Å². The third-order valence-corrected chi connectivity index (χ3v) is 1.24. The molecule has 0 bridgehead atoms. The molecule has 0 fully saturated rings. The summed E-state index contributed by atoms with van der Waals surface area (Å²) in [5, 5.41) is 19.2. The Morgan fingerprint density at radius 3 is 2.33 bits per heavy atom. The molecule has 0 amide bonds. The summed E-state index contributed by atoms with van der Waals surface area (Å²) >= 11 is 0. The van der Waals surface area contributed by atoms with Crippen LogP contribution in [0.3, 0.4) is 0 Å². The lowest BCUT2D eigenvalue weighted by Crippen LogP contribution is -2.00. The zero-order chi connectivity index (χ0) is 9.72. The summed E-state index contributed by atoms with van der Waals surface area (Å²) in [6.45, 7) is 4.86. The molecule has 0 aromatic rings. The monoisotopic (exact) mass is 171 g/mol. The summed E-state index contributed by atoms with van der Waals surface area (Å²) in [7, 11) is 0. The van der Waals surface area contributed by atoms with E-state index in [2.05, 4.69) is 0 Å². The minimum Gasteiger partial charge on any atom is -0.389 e. The van der Waals surface area contributed by atoms with E-state index in [0.29, 0.717) is 5.57 Å². The van der Waals surface area contributed by atoms with Gasteiger partial charge in [0.05, 0.1) is 11.0 Å². The summed E-state index contributed by atoms with van der Waals surface area (Å²) in [6.07, 6.45) is 2.05. The van der Waals surface area contributed by atoms with Crippen molar-refractivity contribution in [3.05, 3.63) is 33.5 Å². The molecule has 0 heterocycles. The fourth-order valence-electron chi connectivity index (χ4n) is 0.641. The van der Waals surface area contributed by atoms with Gasteiger partial charge >= 0.3 is 0 Å². The van der Waals surface area contributed by atoms with Crippen LogP contribution in [0.15, 0.2) is 23.4 Å². The average Bonchev–Trinajstić information content (AvgIpc) is 1.84. The van der Waals surface area contributed by atoms with Gasteiger partial charge in [0.15, 0.2) is 0 Å². The van der Waals surface area contributed by atoms with Crippen LogP contribution in [0, 0.1) is 10.1 Å². The lowest BCUT2D eigenvalue weighted by molar-refractivity contribution is -0.420. The fraction of sp³-hybridized carbons (Fsp3) is 0.500.